The lowest BCUT2D eigenvalue weighted by Gasteiger charge is -2.11. The van der Waals surface area contributed by atoms with Crippen LogP contribution >= 0.6 is 0 Å². The SMILES string of the molecule is CN(C)[SiH2]C=C(c1ccccc1)c1ccccc1. The standard InChI is InChI=1S/C16H19NSi/c1-17(2)18-13-16(14-9-5-3-6-10-14)15-11-7-4-8-12-15/h3-13H,18H2,1-2H3. The Balaban J connectivity index is 2.39. The van der Waals surface area contributed by atoms with Gasteiger partial charge in [-0.3, -0.25) is 0 Å². The van der Waals surface area contributed by atoms with Crippen LogP contribution in [0.5, 0.6) is 0 Å². The molecule has 0 atom stereocenters. The number of nitrogens with zero attached hydrogens (tertiary/aromatic N) is 1. The Morgan fingerprint density at radius 3 is 1.67 bits per heavy atom. The van der Waals surface area contributed by atoms with E-state index in [-0.39, 0.29) is 9.68 Å². The first-order valence-electron chi connectivity index (χ1n) is 6.23. The van der Waals surface area contributed by atoms with Gasteiger partial charge in [0.05, 0.1) is 0 Å². The average Bonchev–Trinajstić information content (AvgIpc) is 2.41. The molecule has 0 aliphatic heterocycles. The second kappa shape index (κ2) is 6.33. The molecule has 2 rings (SSSR count). The molecule has 1 nitrogen and oxygen atoms in total. The Morgan fingerprint density at radius 2 is 1.28 bits per heavy atom. The van der Waals surface area contributed by atoms with Gasteiger partial charge < -0.3 is 4.57 Å². The lowest BCUT2D eigenvalue weighted by Crippen LogP contribution is -2.15. The summed E-state index contributed by atoms with van der Waals surface area (Å²) in [4.78, 5) is 0. The van der Waals surface area contributed by atoms with E-state index in [9.17, 15) is 0 Å². The molecule has 0 unspecified atom stereocenters. The maximum atomic E-state index is 2.42. The zero-order valence-electron chi connectivity index (χ0n) is 11.0. The van der Waals surface area contributed by atoms with Crippen molar-refractivity contribution in [2.45, 2.75) is 0 Å². The van der Waals surface area contributed by atoms with Gasteiger partial charge in [0.15, 0.2) is 0 Å². The molecule has 0 bridgehead atoms. The minimum absolute atomic E-state index is 0.318. The molecule has 18 heavy (non-hydrogen) atoms. The molecule has 0 heterocycles. The third-order valence-electron chi connectivity index (χ3n) is 2.83. The van der Waals surface area contributed by atoms with Crippen molar-refractivity contribution in [1.29, 1.82) is 0 Å². The summed E-state index contributed by atoms with van der Waals surface area (Å²) in [6, 6.07) is 21.3. The van der Waals surface area contributed by atoms with Crippen LogP contribution in [0.15, 0.2) is 66.4 Å². The summed E-state index contributed by atoms with van der Waals surface area (Å²) in [7, 11) is 3.98. The van der Waals surface area contributed by atoms with Crippen LogP contribution in [0.1, 0.15) is 11.1 Å². The van der Waals surface area contributed by atoms with E-state index < -0.39 is 0 Å². The Hall–Kier alpha value is -1.64. The number of rotatable bonds is 4. The molecular formula is C16H19NSi. The number of hydrogen-bond donors (Lipinski definition) is 0. The van der Waals surface area contributed by atoms with Gasteiger partial charge in [-0.2, -0.15) is 0 Å². The fourth-order valence-corrected chi connectivity index (χ4v) is 2.93. The monoisotopic (exact) mass is 253 g/mol. The highest BCUT2D eigenvalue weighted by Crippen LogP contribution is 2.22. The van der Waals surface area contributed by atoms with Gasteiger partial charge in [-0.25, -0.2) is 0 Å². The Kier molecular flexibility index (Phi) is 4.50. The fourth-order valence-electron chi connectivity index (χ4n) is 1.91. The molecule has 0 radical (unpaired) electrons. The van der Waals surface area contributed by atoms with Crippen molar-refractivity contribution in [3.63, 3.8) is 0 Å². The minimum Gasteiger partial charge on any atom is -0.331 e. The molecule has 0 saturated carbocycles. The van der Waals surface area contributed by atoms with E-state index >= 15 is 0 Å². The van der Waals surface area contributed by atoms with Crippen molar-refractivity contribution < 1.29 is 0 Å². The van der Waals surface area contributed by atoms with Gasteiger partial charge in [0.25, 0.3) is 0 Å². The molecule has 0 aliphatic rings. The largest absolute Gasteiger partial charge is 0.331 e. The fraction of sp³-hybridized carbons (Fsp3) is 0.125. The van der Waals surface area contributed by atoms with E-state index in [1.807, 2.05) is 0 Å². The van der Waals surface area contributed by atoms with Gasteiger partial charge >= 0.3 is 0 Å². The van der Waals surface area contributed by atoms with Crippen LogP contribution in [0.3, 0.4) is 0 Å². The molecule has 2 heteroatoms. The highest BCUT2D eigenvalue weighted by molar-refractivity contribution is 6.41. The minimum atomic E-state index is -0.318. The highest BCUT2D eigenvalue weighted by Gasteiger charge is 2.03. The number of hydrogen-bond acceptors (Lipinski definition) is 1. The summed E-state index contributed by atoms with van der Waals surface area (Å²) in [5, 5.41) is 0. The first kappa shape index (κ1) is 12.8. The smallest absolute Gasteiger partial charge is 0.119 e. The van der Waals surface area contributed by atoms with E-state index in [1.54, 1.807) is 0 Å². The van der Waals surface area contributed by atoms with Crippen molar-refractivity contribution in [2.24, 2.45) is 0 Å². The van der Waals surface area contributed by atoms with E-state index in [0.717, 1.165) is 0 Å². The molecule has 0 spiro atoms. The summed E-state index contributed by atoms with van der Waals surface area (Å²) in [5.74, 6) is 0. The Bertz CT molecular complexity index is 462. The van der Waals surface area contributed by atoms with Crippen LogP contribution in [0.4, 0.5) is 0 Å². The van der Waals surface area contributed by atoms with Gasteiger partial charge in [0, 0.05) is 0 Å². The van der Waals surface area contributed by atoms with Gasteiger partial charge in [-0.1, -0.05) is 66.4 Å². The zero-order chi connectivity index (χ0) is 12.8. The van der Waals surface area contributed by atoms with Gasteiger partial charge in [-0.05, 0) is 30.8 Å². The summed E-state index contributed by atoms with van der Waals surface area (Å²) in [6.45, 7) is 0. The molecular weight excluding hydrogens is 234 g/mol. The maximum absolute atomic E-state index is 2.42. The van der Waals surface area contributed by atoms with Crippen molar-refractivity contribution in [2.75, 3.05) is 14.1 Å². The van der Waals surface area contributed by atoms with Crippen molar-refractivity contribution in [3.8, 4) is 0 Å². The van der Waals surface area contributed by atoms with Crippen molar-refractivity contribution in [1.82, 2.24) is 4.57 Å². The van der Waals surface area contributed by atoms with Gasteiger partial charge in [-0.15, -0.1) is 0 Å². The average molecular weight is 253 g/mol. The molecule has 0 fully saturated rings. The predicted octanol–water partition coefficient (Wildman–Crippen LogP) is 2.72. The lowest BCUT2D eigenvalue weighted by molar-refractivity contribution is 0.668. The topological polar surface area (TPSA) is 3.24 Å². The molecule has 0 saturated heterocycles. The Morgan fingerprint density at radius 1 is 0.833 bits per heavy atom. The van der Waals surface area contributed by atoms with Gasteiger partial charge in [0.1, 0.15) is 9.68 Å². The van der Waals surface area contributed by atoms with Crippen LogP contribution in [-0.2, 0) is 0 Å². The third kappa shape index (κ3) is 3.42. The van der Waals surface area contributed by atoms with E-state index in [4.69, 9.17) is 0 Å². The summed E-state index contributed by atoms with van der Waals surface area (Å²) in [5.41, 5.74) is 6.39. The second-order valence-corrected chi connectivity index (χ2v) is 6.65. The van der Waals surface area contributed by atoms with E-state index in [0.29, 0.717) is 0 Å². The normalized spacial score (nSPS) is 11.1. The highest BCUT2D eigenvalue weighted by atomic mass is 28.2. The zero-order valence-corrected chi connectivity index (χ0v) is 12.4. The van der Waals surface area contributed by atoms with E-state index in [2.05, 4.69) is 85.0 Å². The molecule has 0 aliphatic carbocycles. The van der Waals surface area contributed by atoms with Crippen molar-refractivity contribution >= 4 is 15.3 Å². The first-order chi connectivity index (χ1) is 8.77. The number of benzene rings is 2. The van der Waals surface area contributed by atoms with E-state index in [1.165, 1.54) is 16.7 Å². The summed E-state index contributed by atoms with van der Waals surface area (Å²) < 4.78 is 2.31. The lowest BCUT2D eigenvalue weighted by atomic mass is 10.00. The molecule has 0 N–H and O–H groups in total. The van der Waals surface area contributed by atoms with Crippen LogP contribution in [-0.4, -0.2) is 28.3 Å². The predicted molar refractivity (Wildman–Crippen MR) is 82.2 cm³/mol. The molecule has 0 amide bonds. The first-order valence-corrected chi connectivity index (χ1v) is 7.68. The van der Waals surface area contributed by atoms with Crippen LogP contribution < -0.4 is 0 Å². The van der Waals surface area contributed by atoms with Crippen LogP contribution in [0.2, 0.25) is 0 Å². The maximum Gasteiger partial charge on any atom is 0.119 e. The third-order valence-corrected chi connectivity index (χ3v) is 4.15. The summed E-state index contributed by atoms with van der Waals surface area (Å²) in [6.07, 6.45) is 0. The van der Waals surface area contributed by atoms with Crippen molar-refractivity contribution in [3.05, 3.63) is 77.5 Å². The Labute approximate surface area is 112 Å². The quantitative estimate of drug-likeness (QED) is 0.757. The van der Waals surface area contributed by atoms with Crippen LogP contribution in [0, 0.1) is 0 Å². The second-order valence-electron chi connectivity index (χ2n) is 4.61. The van der Waals surface area contributed by atoms with Gasteiger partial charge in [0.2, 0.25) is 0 Å². The molecule has 2 aromatic rings. The van der Waals surface area contributed by atoms with Crippen LogP contribution in [0.25, 0.3) is 5.57 Å². The summed E-state index contributed by atoms with van der Waals surface area (Å²) >= 11 is 0. The molecule has 0 aromatic heterocycles. The molecule has 92 valence electrons. The molecule has 2 aromatic carbocycles.